The largest absolute Gasteiger partial charge is 0.492 e. The Morgan fingerprint density at radius 1 is 1.26 bits per heavy atom. The fourth-order valence-electron chi connectivity index (χ4n) is 2.68. The van der Waals surface area contributed by atoms with Gasteiger partial charge < -0.3 is 15.2 Å². The van der Waals surface area contributed by atoms with Gasteiger partial charge in [0.2, 0.25) is 0 Å². The molecule has 2 N–H and O–H groups in total. The number of carboxylic acid groups (broad SMARTS) is 1. The van der Waals surface area contributed by atoms with Gasteiger partial charge in [-0.2, -0.15) is 13.2 Å². The lowest BCUT2D eigenvalue weighted by molar-refractivity contribution is -0.141. The molecule has 1 amide bonds. The second kappa shape index (κ2) is 7.52. The van der Waals surface area contributed by atoms with Gasteiger partial charge in [0.15, 0.2) is 0 Å². The first-order chi connectivity index (χ1) is 10.8. The summed E-state index contributed by atoms with van der Waals surface area (Å²) >= 11 is 0. The Morgan fingerprint density at radius 3 is 2.43 bits per heavy atom. The van der Waals surface area contributed by atoms with Crippen molar-refractivity contribution < 1.29 is 27.8 Å². The molecule has 1 aromatic heterocycles. The van der Waals surface area contributed by atoms with Crippen molar-refractivity contribution in [2.24, 2.45) is 11.8 Å². The van der Waals surface area contributed by atoms with E-state index in [9.17, 15) is 18.0 Å². The van der Waals surface area contributed by atoms with E-state index in [0.29, 0.717) is 30.7 Å². The third kappa shape index (κ3) is 5.61. The normalized spacial score (nSPS) is 21.7. The molecular weight excluding hydrogens is 313 g/mol. The molecule has 0 saturated heterocycles. The summed E-state index contributed by atoms with van der Waals surface area (Å²) in [5.41, 5.74) is -0.934. The van der Waals surface area contributed by atoms with Gasteiger partial charge >= 0.3 is 12.3 Å². The minimum atomic E-state index is -4.44. The molecule has 8 heteroatoms. The molecule has 1 fully saturated rings. The summed E-state index contributed by atoms with van der Waals surface area (Å²) in [4.78, 5) is 13.8. The van der Waals surface area contributed by atoms with E-state index in [2.05, 4.69) is 10.3 Å². The summed E-state index contributed by atoms with van der Waals surface area (Å²) in [6.45, 7) is 0.901. The highest BCUT2D eigenvalue weighted by atomic mass is 19.4. The van der Waals surface area contributed by atoms with Crippen LogP contribution in [0.1, 0.15) is 31.4 Å². The standard InChI is InChI=1S/C15H19F3N2O3/c16-15(17,18)13-6-5-12(8-19-13)23-9-11-3-1-10(2-4-11)7-20-14(21)22/h5-6,8,10-11,20H,1-4,7,9H2,(H,21,22). The van der Waals surface area contributed by atoms with Crippen molar-refractivity contribution in [3.05, 3.63) is 24.0 Å². The topological polar surface area (TPSA) is 71.5 Å². The highest BCUT2D eigenvalue weighted by Crippen LogP contribution is 2.30. The fraction of sp³-hybridized carbons (Fsp3) is 0.600. The number of ether oxygens (including phenoxy) is 1. The van der Waals surface area contributed by atoms with E-state index in [1.807, 2.05) is 0 Å². The number of hydrogen-bond acceptors (Lipinski definition) is 3. The van der Waals surface area contributed by atoms with Crippen LogP contribution in [0.3, 0.4) is 0 Å². The second-order valence-corrected chi connectivity index (χ2v) is 5.76. The third-order valence-corrected chi connectivity index (χ3v) is 4.02. The van der Waals surface area contributed by atoms with Crippen LogP contribution in [0.25, 0.3) is 0 Å². The van der Waals surface area contributed by atoms with E-state index < -0.39 is 18.0 Å². The van der Waals surface area contributed by atoms with Crippen LogP contribution < -0.4 is 10.1 Å². The molecule has 128 valence electrons. The molecule has 0 radical (unpaired) electrons. The smallest absolute Gasteiger partial charge is 0.433 e. The molecule has 23 heavy (non-hydrogen) atoms. The number of nitrogens with one attached hydrogen (secondary N) is 1. The first kappa shape index (κ1) is 17.4. The molecule has 2 rings (SSSR count). The lowest BCUT2D eigenvalue weighted by atomic mass is 9.82. The van der Waals surface area contributed by atoms with Gasteiger partial charge in [0.1, 0.15) is 11.4 Å². The molecule has 1 saturated carbocycles. The van der Waals surface area contributed by atoms with Crippen molar-refractivity contribution in [1.82, 2.24) is 10.3 Å². The van der Waals surface area contributed by atoms with Gasteiger partial charge in [-0.15, -0.1) is 0 Å². The molecule has 0 unspecified atom stereocenters. The SMILES string of the molecule is O=C(O)NCC1CCC(COc2ccc(C(F)(F)F)nc2)CC1. The van der Waals surface area contributed by atoms with Gasteiger partial charge in [0.05, 0.1) is 12.8 Å². The van der Waals surface area contributed by atoms with Crippen molar-refractivity contribution in [1.29, 1.82) is 0 Å². The average molecular weight is 332 g/mol. The van der Waals surface area contributed by atoms with Gasteiger partial charge in [0, 0.05) is 6.54 Å². The molecule has 1 aromatic rings. The van der Waals surface area contributed by atoms with Crippen molar-refractivity contribution in [3.8, 4) is 5.75 Å². The number of halogens is 3. The maximum absolute atomic E-state index is 12.4. The van der Waals surface area contributed by atoms with Crippen LogP contribution in [0, 0.1) is 11.8 Å². The lowest BCUT2D eigenvalue weighted by Crippen LogP contribution is -2.31. The number of rotatable bonds is 5. The van der Waals surface area contributed by atoms with E-state index >= 15 is 0 Å². The van der Waals surface area contributed by atoms with Crippen molar-refractivity contribution >= 4 is 6.09 Å². The fourth-order valence-corrected chi connectivity index (χ4v) is 2.68. The molecule has 0 spiro atoms. The zero-order valence-electron chi connectivity index (χ0n) is 12.5. The highest BCUT2D eigenvalue weighted by Gasteiger charge is 2.32. The van der Waals surface area contributed by atoms with Crippen molar-refractivity contribution in [2.75, 3.05) is 13.2 Å². The van der Waals surface area contributed by atoms with Crippen molar-refractivity contribution in [2.45, 2.75) is 31.9 Å². The Balaban J connectivity index is 1.72. The first-order valence-corrected chi connectivity index (χ1v) is 7.47. The number of amides is 1. The molecule has 0 atom stereocenters. The molecular formula is C15H19F3N2O3. The summed E-state index contributed by atoms with van der Waals surface area (Å²) < 4.78 is 42.7. The zero-order valence-corrected chi connectivity index (χ0v) is 12.5. The number of nitrogens with zero attached hydrogens (tertiary/aromatic N) is 1. The molecule has 1 heterocycles. The summed E-state index contributed by atoms with van der Waals surface area (Å²) in [7, 11) is 0. The lowest BCUT2D eigenvalue weighted by Gasteiger charge is -2.28. The van der Waals surface area contributed by atoms with Crippen LogP contribution in [0.15, 0.2) is 18.3 Å². The predicted octanol–water partition coefficient (Wildman–Crippen LogP) is 3.55. The van der Waals surface area contributed by atoms with Crippen LogP contribution >= 0.6 is 0 Å². The Hall–Kier alpha value is -1.99. The minimum absolute atomic E-state index is 0.327. The Kier molecular flexibility index (Phi) is 5.68. The van der Waals surface area contributed by atoms with E-state index in [4.69, 9.17) is 9.84 Å². The van der Waals surface area contributed by atoms with Crippen LogP contribution in [0.4, 0.5) is 18.0 Å². The Morgan fingerprint density at radius 2 is 1.91 bits per heavy atom. The maximum Gasteiger partial charge on any atom is 0.433 e. The monoisotopic (exact) mass is 332 g/mol. The number of carbonyl (C=O) groups is 1. The third-order valence-electron chi connectivity index (χ3n) is 4.02. The van der Waals surface area contributed by atoms with Crippen molar-refractivity contribution in [3.63, 3.8) is 0 Å². The number of aromatic nitrogens is 1. The van der Waals surface area contributed by atoms with Gasteiger partial charge in [-0.3, -0.25) is 0 Å². The Labute approximate surface area is 131 Å². The molecule has 0 aromatic carbocycles. The van der Waals surface area contributed by atoms with E-state index in [1.54, 1.807) is 0 Å². The Bertz CT molecular complexity index is 512. The van der Waals surface area contributed by atoms with E-state index in [1.165, 1.54) is 6.07 Å². The molecule has 1 aliphatic rings. The van der Waals surface area contributed by atoms with Crippen LogP contribution in [0.2, 0.25) is 0 Å². The van der Waals surface area contributed by atoms with Gasteiger partial charge in [-0.1, -0.05) is 0 Å². The number of pyridine rings is 1. The quantitative estimate of drug-likeness (QED) is 0.865. The van der Waals surface area contributed by atoms with Gasteiger partial charge in [-0.25, -0.2) is 9.78 Å². The van der Waals surface area contributed by atoms with E-state index in [0.717, 1.165) is 37.9 Å². The van der Waals surface area contributed by atoms with Crippen LogP contribution in [0.5, 0.6) is 5.75 Å². The molecule has 5 nitrogen and oxygen atoms in total. The summed E-state index contributed by atoms with van der Waals surface area (Å²) in [6, 6.07) is 2.18. The predicted molar refractivity (Wildman–Crippen MR) is 76.2 cm³/mol. The summed E-state index contributed by atoms with van der Waals surface area (Å²) in [6.07, 6.45) is -0.698. The molecule has 1 aliphatic carbocycles. The van der Waals surface area contributed by atoms with Crippen LogP contribution in [-0.4, -0.2) is 29.3 Å². The maximum atomic E-state index is 12.4. The van der Waals surface area contributed by atoms with E-state index in [-0.39, 0.29) is 0 Å². The number of hydrogen-bond donors (Lipinski definition) is 2. The minimum Gasteiger partial charge on any atom is -0.492 e. The van der Waals surface area contributed by atoms with Gasteiger partial charge in [-0.05, 0) is 49.7 Å². The molecule has 0 bridgehead atoms. The number of alkyl halides is 3. The zero-order chi connectivity index (χ0) is 16.9. The summed E-state index contributed by atoms with van der Waals surface area (Å²) in [5.74, 6) is 1.00. The summed E-state index contributed by atoms with van der Waals surface area (Å²) in [5, 5.41) is 11.0. The first-order valence-electron chi connectivity index (χ1n) is 7.47. The average Bonchev–Trinajstić information content (AvgIpc) is 2.51. The molecule has 0 aliphatic heterocycles. The highest BCUT2D eigenvalue weighted by molar-refractivity contribution is 5.64. The second-order valence-electron chi connectivity index (χ2n) is 5.76. The van der Waals surface area contributed by atoms with Crippen LogP contribution in [-0.2, 0) is 6.18 Å². The van der Waals surface area contributed by atoms with Gasteiger partial charge in [0.25, 0.3) is 0 Å².